The lowest BCUT2D eigenvalue weighted by atomic mass is 9.52. The van der Waals surface area contributed by atoms with Crippen molar-refractivity contribution in [3.05, 3.63) is 29.3 Å². The van der Waals surface area contributed by atoms with Gasteiger partial charge in [0.2, 0.25) is 0 Å². The molecule has 0 radical (unpaired) electrons. The number of nitrogens with zero attached hydrogens (tertiary/aromatic N) is 1. The number of nitrogens with two attached hydrogens (primary N) is 1. The maximum atomic E-state index is 11.9. The van der Waals surface area contributed by atoms with Crippen LogP contribution in [0.25, 0.3) is 0 Å². The summed E-state index contributed by atoms with van der Waals surface area (Å²) >= 11 is 0. The summed E-state index contributed by atoms with van der Waals surface area (Å²) in [7, 11) is 0. The molecule has 1 aliphatic heterocycles. The number of likely N-dealkylation sites (tertiary alicyclic amines) is 1. The second-order valence-corrected chi connectivity index (χ2v) is 9.65. The summed E-state index contributed by atoms with van der Waals surface area (Å²) in [6.07, 6.45) is 12.4. The van der Waals surface area contributed by atoms with E-state index in [0.717, 1.165) is 11.8 Å². The first kappa shape index (κ1) is 18.6. The summed E-state index contributed by atoms with van der Waals surface area (Å²) in [5.74, 6) is 2.22. The van der Waals surface area contributed by atoms with Gasteiger partial charge < -0.3 is 10.5 Å². The molecule has 0 aromatic heterocycles. The maximum absolute atomic E-state index is 11.9. The van der Waals surface area contributed by atoms with E-state index in [0.29, 0.717) is 23.8 Å². The van der Waals surface area contributed by atoms with Crippen LogP contribution in [0.5, 0.6) is 5.75 Å². The Kier molecular flexibility index (Phi) is 4.96. The summed E-state index contributed by atoms with van der Waals surface area (Å²) in [6.45, 7) is 2.91. The zero-order chi connectivity index (χ0) is 19.1. The first-order chi connectivity index (χ1) is 13.7. The Morgan fingerprint density at radius 1 is 1.18 bits per heavy atom. The number of fused-ring (bicyclic) bond motifs is 1. The minimum Gasteiger partial charge on any atom is -0.426 e. The summed E-state index contributed by atoms with van der Waals surface area (Å²) in [6, 6.07) is 7.17. The molecule has 3 aliphatic carbocycles. The van der Waals surface area contributed by atoms with Crippen LogP contribution in [0.3, 0.4) is 0 Å². The number of rotatable bonds is 5. The van der Waals surface area contributed by atoms with E-state index in [1.165, 1.54) is 82.0 Å². The highest BCUT2D eigenvalue weighted by atomic mass is 16.5. The van der Waals surface area contributed by atoms with Gasteiger partial charge in [-0.15, -0.1) is 0 Å². The molecule has 3 fully saturated rings. The van der Waals surface area contributed by atoms with Crippen molar-refractivity contribution in [3.8, 4) is 5.75 Å². The summed E-state index contributed by atoms with van der Waals surface area (Å²) in [5, 5.41) is 0. The smallest absolute Gasteiger partial charge is 0.312 e. The molecule has 152 valence electrons. The largest absolute Gasteiger partial charge is 0.426 e. The van der Waals surface area contributed by atoms with Gasteiger partial charge >= 0.3 is 5.97 Å². The topological polar surface area (TPSA) is 55.6 Å². The molecule has 5 rings (SSSR count). The van der Waals surface area contributed by atoms with Crippen molar-refractivity contribution in [3.63, 3.8) is 0 Å². The molecule has 1 heterocycles. The average molecular weight is 383 g/mol. The Morgan fingerprint density at radius 2 is 2.07 bits per heavy atom. The number of ether oxygens (including phenoxy) is 1. The van der Waals surface area contributed by atoms with Gasteiger partial charge in [0.05, 0.1) is 6.42 Å². The first-order valence-electron chi connectivity index (χ1n) is 11.5. The van der Waals surface area contributed by atoms with E-state index in [4.69, 9.17) is 10.5 Å². The molecule has 2 bridgehead atoms. The van der Waals surface area contributed by atoms with Gasteiger partial charge in [-0.2, -0.15) is 0 Å². The predicted molar refractivity (Wildman–Crippen MR) is 110 cm³/mol. The minimum atomic E-state index is -0.218. The first-order valence-corrected chi connectivity index (χ1v) is 11.5. The highest BCUT2D eigenvalue weighted by molar-refractivity contribution is 5.72. The van der Waals surface area contributed by atoms with Crippen molar-refractivity contribution >= 4 is 5.97 Å². The lowest BCUT2D eigenvalue weighted by Gasteiger charge is -2.59. The Labute approximate surface area is 168 Å². The van der Waals surface area contributed by atoms with Crippen molar-refractivity contribution in [2.45, 2.75) is 75.7 Å². The van der Waals surface area contributed by atoms with Crippen LogP contribution in [-0.4, -0.2) is 36.5 Å². The van der Waals surface area contributed by atoms with E-state index in [1.807, 2.05) is 6.07 Å². The average Bonchev–Trinajstić information content (AvgIpc) is 2.66. The second-order valence-electron chi connectivity index (χ2n) is 9.65. The standard InChI is InChI=1S/C24H34N2O2/c25-12-9-23(27)28-19-8-7-18-14-22-20-6-1-2-10-24(20,21(18)15-19)11-13-26(22)16-17-4-3-5-17/h7-8,15,17,20,22H,1-6,9-14,16,25H2/t20-,22+,24-/m0/s1. The molecule has 1 saturated heterocycles. The lowest BCUT2D eigenvalue weighted by molar-refractivity contribution is -0.134. The quantitative estimate of drug-likeness (QED) is 0.622. The third kappa shape index (κ3) is 3.09. The zero-order valence-electron chi connectivity index (χ0n) is 17.0. The van der Waals surface area contributed by atoms with Crippen LogP contribution in [0.4, 0.5) is 0 Å². The number of hydrogen-bond donors (Lipinski definition) is 1. The van der Waals surface area contributed by atoms with E-state index in [-0.39, 0.29) is 12.4 Å². The van der Waals surface area contributed by atoms with Crippen LogP contribution < -0.4 is 10.5 Å². The van der Waals surface area contributed by atoms with Crippen molar-refractivity contribution < 1.29 is 9.53 Å². The van der Waals surface area contributed by atoms with Crippen LogP contribution in [0.2, 0.25) is 0 Å². The van der Waals surface area contributed by atoms with E-state index < -0.39 is 0 Å². The Morgan fingerprint density at radius 3 is 2.86 bits per heavy atom. The highest BCUT2D eigenvalue weighted by Crippen LogP contribution is 2.56. The molecule has 4 aliphatic rings. The molecular weight excluding hydrogens is 348 g/mol. The molecule has 1 aromatic rings. The second kappa shape index (κ2) is 7.46. The molecular formula is C24H34N2O2. The Bertz CT molecular complexity index is 744. The van der Waals surface area contributed by atoms with Crippen LogP contribution in [0, 0.1) is 11.8 Å². The number of esters is 1. The highest BCUT2D eigenvalue weighted by Gasteiger charge is 2.54. The van der Waals surface area contributed by atoms with Crippen molar-refractivity contribution in [2.24, 2.45) is 17.6 Å². The number of benzene rings is 1. The number of hydrogen-bond acceptors (Lipinski definition) is 4. The van der Waals surface area contributed by atoms with Crippen LogP contribution in [0.1, 0.15) is 68.9 Å². The maximum Gasteiger partial charge on any atom is 0.312 e. The molecule has 2 N–H and O–H groups in total. The van der Waals surface area contributed by atoms with Gasteiger partial charge in [-0.05, 0) is 80.2 Å². The van der Waals surface area contributed by atoms with E-state index in [9.17, 15) is 4.79 Å². The Hall–Kier alpha value is -1.39. The molecule has 2 saturated carbocycles. The third-order valence-electron chi connectivity index (χ3n) is 8.22. The fourth-order valence-electron chi connectivity index (χ4n) is 6.66. The van der Waals surface area contributed by atoms with Crippen molar-refractivity contribution in [2.75, 3.05) is 19.6 Å². The van der Waals surface area contributed by atoms with Gasteiger partial charge in [-0.25, -0.2) is 0 Å². The molecule has 0 amide bonds. The molecule has 28 heavy (non-hydrogen) atoms. The van der Waals surface area contributed by atoms with E-state index >= 15 is 0 Å². The van der Waals surface area contributed by atoms with Gasteiger partial charge in [-0.1, -0.05) is 25.3 Å². The Balaban J connectivity index is 1.45. The monoisotopic (exact) mass is 382 g/mol. The van der Waals surface area contributed by atoms with E-state index in [1.54, 1.807) is 0 Å². The summed E-state index contributed by atoms with van der Waals surface area (Å²) in [4.78, 5) is 14.8. The van der Waals surface area contributed by atoms with Crippen LogP contribution in [-0.2, 0) is 16.6 Å². The van der Waals surface area contributed by atoms with E-state index in [2.05, 4.69) is 17.0 Å². The summed E-state index contributed by atoms with van der Waals surface area (Å²) in [5.41, 5.74) is 8.81. The zero-order valence-corrected chi connectivity index (χ0v) is 17.0. The molecule has 3 atom stereocenters. The lowest BCUT2D eigenvalue weighted by Crippen LogP contribution is -2.61. The van der Waals surface area contributed by atoms with Gasteiger partial charge in [0.15, 0.2) is 0 Å². The van der Waals surface area contributed by atoms with Crippen molar-refractivity contribution in [1.82, 2.24) is 4.90 Å². The van der Waals surface area contributed by atoms with Crippen LogP contribution in [0.15, 0.2) is 18.2 Å². The van der Waals surface area contributed by atoms with Gasteiger partial charge in [-0.3, -0.25) is 9.69 Å². The van der Waals surface area contributed by atoms with Gasteiger partial charge in [0.25, 0.3) is 0 Å². The molecule has 1 aromatic carbocycles. The molecule has 0 spiro atoms. The predicted octanol–water partition coefficient (Wildman–Crippen LogP) is 3.80. The number of carbonyl (C=O) groups is 1. The van der Waals surface area contributed by atoms with Gasteiger partial charge in [0, 0.05) is 24.5 Å². The fraction of sp³-hybridized carbons (Fsp3) is 0.708. The normalized spacial score (nSPS) is 32.2. The SMILES string of the molecule is NCCC(=O)Oc1ccc2c(c1)[C@]13CCCC[C@H]1[C@@H](C2)N(CC1CCC1)CC3. The number of piperidine rings is 1. The fourth-order valence-corrected chi connectivity index (χ4v) is 6.66. The third-order valence-corrected chi connectivity index (χ3v) is 8.22. The molecule has 4 nitrogen and oxygen atoms in total. The summed E-state index contributed by atoms with van der Waals surface area (Å²) < 4.78 is 5.60. The molecule has 4 heteroatoms. The van der Waals surface area contributed by atoms with Crippen LogP contribution >= 0.6 is 0 Å². The molecule has 0 unspecified atom stereocenters. The van der Waals surface area contributed by atoms with Crippen molar-refractivity contribution in [1.29, 1.82) is 0 Å². The van der Waals surface area contributed by atoms with Gasteiger partial charge in [0.1, 0.15) is 5.75 Å². The minimum absolute atomic E-state index is 0.218. The number of carbonyl (C=O) groups excluding carboxylic acids is 1.